The highest BCUT2D eigenvalue weighted by molar-refractivity contribution is 5.90. The molecule has 2 aromatic rings. The van der Waals surface area contributed by atoms with Gasteiger partial charge in [0.15, 0.2) is 11.6 Å². The SMILES string of the molecule is O=C(O)c1ccnnc1Oc1ccc(F)cc1F. The van der Waals surface area contributed by atoms with Crippen molar-refractivity contribution >= 4 is 5.97 Å². The topological polar surface area (TPSA) is 72.3 Å². The summed E-state index contributed by atoms with van der Waals surface area (Å²) in [5, 5.41) is 15.7. The van der Waals surface area contributed by atoms with Gasteiger partial charge in [0.2, 0.25) is 0 Å². The third kappa shape index (κ3) is 2.40. The van der Waals surface area contributed by atoms with E-state index in [1.54, 1.807) is 0 Å². The van der Waals surface area contributed by atoms with Crippen LogP contribution in [0.4, 0.5) is 8.78 Å². The molecule has 0 amide bonds. The lowest BCUT2D eigenvalue weighted by Crippen LogP contribution is -2.03. The number of carboxylic acid groups (broad SMARTS) is 1. The number of halogens is 2. The van der Waals surface area contributed by atoms with E-state index in [1.807, 2.05) is 0 Å². The molecule has 92 valence electrons. The molecule has 2 rings (SSSR count). The molecule has 1 aromatic heterocycles. The number of benzene rings is 1. The van der Waals surface area contributed by atoms with Gasteiger partial charge in [0.1, 0.15) is 11.4 Å². The Balaban J connectivity index is 2.37. The third-order valence-electron chi connectivity index (χ3n) is 2.02. The van der Waals surface area contributed by atoms with Crippen LogP contribution in [0.15, 0.2) is 30.5 Å². The molecule has 0 aliphatic heterocycles. The fourth-order valence-corrected chi connectivity index (χ4v) is 1.22. The summed E-state index contributed by atoms with van der Waals surface area (Å²) in [6.07, 6.45) is 1.16. The first-order valence-corrected chi connectivity index (χ1v) is 4.76. The molecule has 0 atom stereocenters. The Morgan fingerprint density at radius 1 is 1.28 bits per heavy atom. The van der Waals surface area contributed by atoms with Gasteiger partial charge in [-0.3, -0.25) is 0 Å². The molecule has 0 spiro atoms. The normalized spacial score (nSPS) is 10.1. The molecule has 0 unspecified atom stereocenters. The molecule has 0 bridgehead atoms. The van der Waals surface area contributed by atoms with Gasteiger partial charge < -0.3 is 9.84 Å². The van der Waals surface area contributed by atoms with Crippen LogP contribution < -0.4 is 4.74 Å². The number of carboxylic acids is 1. The van der Waals surface area contributed by atoms with Crippen LogP contribution in [-0.4, -0.2) is 21.3 Å². The minimum Gasteiger partial charge on any atom is -0.477 e. The zero-order valence-electron chi connectivity index (χ0n) is 8.80. The van der Waals surface area contributed by atoms with E-state index in [2.05, 4.69) is 10.2 Å². The molecule has 1 heterocycles. The zero-order chi connectivity index (χ0) is 13.1. The number of carbonyl (C=O) groups is 1. The number of nitrogens with zero attached hydrogens (tertiary/aromatic N) is 2. The number of aromatic nitrogens is 2. The van der Waals surface area contributed by atoms with Crippen LogP contribution in [0.25, 0.3) is 0 Å². The monoisotopic (exact) mass is 252 g/mol. The number of rotatable bonds is 3. The lowest BCUT2D eigenvalue weighted by molar-refractivity contribution is 0.0693. The van der Waals surface area contributed by atoms with E-state index < -0.39 is 17.6 Å². The summed E-state index contributed by atoms with van der Waals surface area (Å²) < 4.78 is 30.9. The van der Waals surface area contributed by atoms with Gasteiger partial charge in [-0.05, 0) is 18.2 Å². The number of aromatic carboxylic acids is 1. The van der Waals surface area contributed by atoms with Crippen molar-refractivity contribution in [3.05, 3.63) is 47.7 Å². The third-order valence-corrected chi connectivity index (χ3v) is 2.02. The summed E-state index contributed by atoms with van der Waals surface area (Å²) in [6, 6.07) is 3.79. The highest BCUT2D eigenvalue weighted by Crippen LogP contribution is 2.25. The maximum Gasteiger partial charge on any atom is 0.341 e. The second kappa shape index (κ2) is 4.74. The summed E-state index contributed by atoms with van der Waals surface area (Å²) in [5.74, 6) is -3.72. The Labute approximate surface area is 99.7 Å². The van der Waals surface area contributed by atoms with E-state index in [0.717, 1.165) is 24.4 Å². The predicted molar refractivity (Wildman–Crippen MR) is 55.4 cm³/mol. The average molecular weight is 252 g/mol. The van der Waals surface area contributed by atoms with Gasteiger partial charge in [0.25, 0.3) is 5.88 Å². The Morgan fingerprint density at radius 2 is 2.06 bits per heavy atom. The first kappa shape index (κ1) is 11.9. The first-order valence-electron chi connectivity index (χ1n) is 4.76. The van der Waals surface area contributed by atoms with E-state index in [0.29, 0.717) is 6.07 Å². The van der Waals surface area contributed by atoms with Gasteiger partial charge in [0.05, 0.1) is 6.20 Å². The molecule has 7 heteroatoms. The molecule has 1 N–H and O–H groups in total. The minimum absolute atomic E-state index is 0.270. The van der Waals surface area contributed by atoms with E-state index in [-0.39, 0.29) is 17.2 Å². The molecule has 18 heavy (non-hydrogen) atoms. The fourth-order valence-electron chi connectivity index (χ4n) is 1.22. The number of ether oxygens (including phenoxy) is 1. The summed E-state index contributed by atoms with van der Waals surface area (Å²) in [5.41, 5.74) is -0.270. The Bertz CT molecular complexity index is 605. The van der Waals surface area contributed by atoms with Crippen molar-refractivity contribution in [3.63, 3.8) is 0 Å². The van der Waals surface area contributed by atoms with Crippen molar-refractivity contribution in [3.8, 4) is 11.6 Å². The Morgan fingerprint density at radius 3 is 2.72 bits per heavy atom. The summed E-state index contributed by atoms with van der Waals surface area (Å²) in [4.78, 5) is 10.8. The Hall–Kier alpha value is -2.57. The molecular weight excluding hydrogens is 246 g/mol. The van der Waals surface area contributed by atoms with E-state index >= 15 is 0 Å². The van der Waals surface area contributed by atoms with Crippen molar-refractivity contribution in [2.24, 2.45) is 0 Å². The van der Waals surface area contributed by atoms with Crippen LogP contribution >= 0.6 is 0 Å². The zero-order valence-corrected chi connectivity index (χ0v) is 8.80. The van der Waals surface area contributed by atoms with Gasteiger partial charge in [-0.15, -0.1) is 5.10 Å². The number of hydrogen-bond acceptors (Lipinski definition) is 4. The molecule has 0 fully saturated rings. The van der Waals surface area contributed by atoms with Crippen molar-refractivity contribution in [1.29, 1.82) is 0 Å². The second-order valence-electron chi connectivity index (χ2n) is 3.23. The average Bonchev–Trinajstić information content (AvgIpc) is 2.33. The standard InChI is InChI=1S/C11H6F2N2O3/c12-6-1-2-9(8(13)5-6)18-10-7(11(16)17)3-4-14-15-10/h1-5H,(H,16,17). The predicted octanol–water partition coefficient (Wildman–Crippen LogP) is 2.25. The van der Waals surface area contributed by atoms with Crippen LogP contribution in [0.1, 0.15) is 10.4 Å². The molecule has 5 nitrogen and oxygen atoms in total. The molecule has 0 aliphatic rings. The lowest BCUT2D eigenvalue weighted by atomic mass is 10.3. The molecule has 0 radical (unpaired) electrons. The molecule has 1 aromatic carbocycles. The first-order chi connectivity index (χ1) is 8.58. The largest absolute Gasteiger partial charge is 0.477 e. The molecule has 0 saturated carbocycles. The van der Waals surface area contributed by atoms with Gasteiger partial charge in [-0.25, -0.2) is 13.6 Å². The van der Waals surface area contributed by atoms with E-state index in [9.17, 15) is 13.6 Å². The van der Waals surface area contributed by atoms with Crippen molar-refractivity contribution in [2.45, 2.75) is 0 Å². The van der Waals surface area contributed by atoms with Gasteiger partial charge in [0, 0.05) is 6.07 Å². The quantitative estimate of drug-likeness (QED) is 0.906. The maximum atomic E-state index is 13.3. The van der Waals surface area contributed by atoms with Crippen LogP contribution in [-0.2, 0) is 0 Å². The maximum absolute atomic E-state index is 13.3. The van der Waals surface area contributed by atoms with Crippen LogP contribution in [0.3, 0.4) is 0 Å². The van der Waals surface area contributed by atoms with Gasteiger partial charge in [-0.1, -0.05) is 0 Å². The van der Waals surface area contributed by atoms with Crippen LogP contribution in [0, 0.1) is 11.6 Å². The van der Waals surface area contributed by atoms with Gasteiger partial charge in [-0.2, -0.15) is 5.10 Å². The number of hydrogen-bond donors (Lipinski definition) is 1. The van der Waals surface area contributed by atoms with Crippen LogP contribution in [0.5, 0.6) is 11.6 Å². The minimum atomic E-state index is -1.29. The highest BCUT2D eigenvalue weighted by atomic mass is 19.1. The highest BCUT2D eigenvalue weighted by Gasteiger charge is 2.15. The fraction of sp³-hybridized carbons (Fsp3) is 0. The molecular formula is C11H6F2N2O3. The van der Waals surface area contributed by atoms with Gasteiger partial charge >= 0.3 is 5.97 Å². The summed E-state index contributed by atoms with van der Waals surface area (Å²) in [7, 11) is 0. The van der Waals surface area contributed by atoms with Crippen molar-refractivity contribution in [2.75, 3.05) is 0 Å². The van der Waals surface area contributed by atoms with Crippen LogP contribution in [0.2, 0.25) is 0 Å². The van der Waals surface area contributed by atoms with Crippen molar-refractivity contribution in [1.82, 2.24) is 10.2 Å². The Kier molecular flexibility index (Phi) is 3.13. The molecule has 0 saturated heterocycles. The molecule has 0 aliphatic carbocycles. The summed E-state index contributed by atoms with van der Waals surface area (Å²) in [6.45, 7) is 0. The van der Waals surface area contributed by atoms with Crippen molar-refractivity contribution < 1.29 is 23.4 Å². The lowest BCUT2D eigenvalue weighted by Gasteiger charge is -2.07. The second-order valence-corrected chi connectivity index (χ2v) is 3.23. The smallest absolute Gasteiger partial charge is 0.341 e. The van der Waals surface area contributed by atoms with E-state index in [1.165, 1.54) is 0 Å². The summed E-state index contributed by atoms with van der Waals surface area (Å²) >= 11 is 0. The van der Waals surface area contributed by atoms with E-state index in [4.69, 9.17) is 9.84 Å².